The first kappa shape index (κ1) is 26.7. The maximum Gasteiger partial charge on any atom is 0.244 e. The zero-order chi connectivity index (χ0) is 24.6. The summed E-state index contributed by atoms with van der Waals surface area (Å²) in [6.45, 7) is 5.81. The number of anilines is 1. The molecule has 2 rings (SSSR count). The van der Waals surface area contributed by atoms with E-state index in [2.05, 4.69) is 5.32 Å². The third kappa shape index (κ3) is 7.47. The molecule has 9 heteroatoms. The van der Waals surface area contributed by atoms with Crippen molar-refractivity contribution in [2.45, 2.75) is 46.2 Å². The molecular weight excluding hydrogens is 462 g/mol. The fraction of sp³-hybridized carbons (Fsp3) is 0.417. The van der Waals surface area contributed by atoms with Gasteiger partial charge in [0, 0.05) is 18.1 Å². The fourth-order valence-corrected chi connectivity index (χ4v) is 4.54. The van der Waals surface area contributed by atoms with Crippen molar-refractivity contribution in [2.24, 2.45) is 0 Å². The molecule has 2 aromatic carbocycles. The lowest BCUT2D eigenvalue weighted by atomic mass is 10.1. The number of sulfonamides is 1. The standard InChI is InChI=1S/C24H32ClN3O4S/c1-5-15-26-24(30)21(6-2)27(16-19-11-13-20(25)14-12-19)23(29)17-28(33(4,31)32)22-10-8-7-9-18(22)3/h7-14,21H,5-6,15-17H2,1-4H3,(H,26,30)/t21-/m0/s1. The molecule has 2 aromatic rings. The van der Waals surface area contributed by atoms with Gasteiger partial charge in [-0.15, -0.1) is 0 Å². The van der Waals surface area contributed by atoms with Gasteiger partial charge in [0.15, 0.2) is 0 Å². The molecule has 0 unspecified atom stereocenters. The molecule has 0 aliphatic rings. The van der Waals surface area contributed by atoms with Gasteiger partial charge in [0.1, 0.15) is 12.6 Å². The van der Waals surface area contributed by atoms with Crippen LogP contribution in [0.15, 0.2) is 48.5 Å². The van der Waals surface area contributed by atoms with Gasteiger partial charge < -0.3 is 10.2 Å². The minimum Gasteiger partial charge on any atom is -0.354 e. The molecule has 0 heterocycles. The molecule has 0 aliphatic heterocycles. The zero-order valence-electron chi connectivity index (χ0n) is 19.5. The maximum absolute atomic E-state index is 13.5. The van der Waals surface area contributed by atoms with E-state index < -0.39 is 28.5 Å². The van der Waals surface area contributed by atoms with Crippen molar-refractivity contribution >= 4 is 39.1 Å². The minimum atomic E-state index is -3.75. The Morgan fingerprint density at radius 1 is 1.06 bits per heavy atom. The Labute approximate surface area is 201 Å². The zero-order valence-corrected chi connectivity index (χ0v) is 21.1. The molecule has 1 N–H and O–H groups in total. The summed E-state index contributed by atoms with van der Waals surface area (Å²) < 4.78 is 26.3. The minimum absolute atomic E-state index is 0.152. The molecule has 0 fully saturated rings. The van der Waals surface area contributed by atoms with Crippen LogP contribution in [-0.4, -0.2) is 50.5 Å². The van der Waals surface area contributed by atoms with Crippen LogP contribution in [0.5, 0.6) is 0 Å². The van der Waals surface area contributed by atoms with Crippen molar-refractivity contribution in [2.75, 3.05) is 23.7 Å². The number of para-hydroxylation sites is 1. The predicted molar refractivity (Wildman–Crippen MR) is 133 cm³/mol. The normalized spacial score (nSPS) is 12.2. The maximum atomic E-state index is 13.5. The predicted octanol–water partition coefficient (Wildman–Crippen LogP) is 3.75. The Balaban J connectivity index is 2.42. The first-order chi connectivity index (χ1) is 15.6. The number of carbonyl (C=O) groups excluding carboxylic acids is 2. The molecule has 0 aliphatic carbocycles. The second kappa shape index (κ2) is 12.0. The highest BCUT2D eigenvalue weighted by Crippen LogP contribution is 2.23. The Kier molecular flexibility index (Phi) is 9.73. The highest BCUT2D eigenvalue weighted by molar-refractivity contribution is 7.92. The van der Waals surface area contributed by atoms with Crippen molar-refractivity contribution in [3.8, 4) is 0 Å². The van der Waals surface area contributed by atoms with E-state index in [0.29, 0.717) is 23.7 Å². The van der Waals surface area contributed by atoms with Crippen molar-refractivity contribution in [3.05, 3.63) is 64.7 Å². The third-order valence-electron chi connectivity index (χ3n) is 5.26. The topological polar surface area (TPSA) is 86.8 Å². The number of hydrogen-bond donors (Lipinski definition) is 1. The number of rotatable bonds is 11. The van der Waals surface area contributed by atoms with Gasteiger partial charge in [0.25, 0.3) is 0 Å². The molecule has 0 saturated heterocycles. The van der Waals surface area contributed by atoms with Gasteiger partial charge in [-0.1, -0.05) is 55.8 Å². The fourth-order valence-electron chi connectivity index (χ4n) is 3.51. The number of aryl methyl sites for hydroxylation is 1. The number of halogens is 1. The van der Waals surface area contributed by atoms with E-state index >= 15 is 0 Å². The molecular formula is C24H32ClN3O4S. The van der Waals surface area contributed by atoms with Crippen LogP contribution in [0.4, 0.5) is 5.69 Å². The molecule has 0 saturated carbocycles. The van der Waals surface area contributed by atoms with Crippen molar-refractivity contribution < 1.29 is 18.0 Å². The van der Waals surface area contributed by atoms with E-state index in [-0.39, 0.29) is 12.5 Å². The van der Waals surface area contributed by atoms with Gasteiger partial charge in [-0.25, -0.2) is 8.42 Å². The van der Waals surface area contributed by atoms with E-state index in [0.717, 1.165) is 28.1 Å². The lowest BCUT2D eigenvalue weighted by Crippen LogP contribution is -2.52. The molecule has 33 heavy (non-hydrogen) atoms. The summed E-state index contributed by atoms with van der Waals surface area (Å²) in [4.78, 5) is 27.9. The molecule has 7 nitrogen and oxygen atoms in total. The average Bonchev–Trinajstić information content (AvgIpc) is 2.77. The smallest absolute Gasteiger partial charge is 0.244 e. The van der Waals surface area contributed by atoms with Crippen LogP contribution in [0.2, 0.25) is 5.02 Å². The molecule has 2 amide bonds. The van der Waals surface area contributed by atoms with Gasteiger partial charge in [-0.3, -0.25) is 13.9 Å². The molecule has 0 bridgehead atoms. The van der Waals surface area contributed by atoms with E-state index in [1.807, 2.05) is 13.8 Å². The van der Waals surface area contributed by atoms with Crippen molar-refractivity contribution in [3.63, 3.8) is 0 Å². The number of nitrogens with zero attached hydrogens (tertiary/aromatic N) is 2. The number of benzene rings is 2. The highest BCUT2D eigenvalue weighted by Gasteiger charge is 2.31. The van der Waals surface area contributed by atoms with Crippen LogP contribution in [0, 0.1) is 6.92 Å². The van der Waals surface area contributed by atoms with Crippen LogP contribution in [0.1, 0.15) is 37.8 Å². The van der Waals surface area contributed by atoms with Crippen LogP contribution in [0.3, 0.4) is 0 Å². The van der Waals surface area contributed by atoms with Gasteiger partial charge in [-0.05, 0) is 49.1 Å². The summed E-state index contributed by atoms with van der Waals surface area (Å²) in [5.74, 6) is -0.722. The molecule has 180 valence electrons. The average molecular weight is 494 g/mol. The summed E-state index contributed by atoms with van der Waals surface area (Å²) in [5, 5.41) is 3.41. The van der Waals surface area contributed by atoms with E-state index in [9.17, 15) is 18.0 Å². The van der Waals surface area contributed by atoms with Crippen LogP contribution >= 0.6 is 11.6 Å². The summed E-state index contributed by atoms with van der Waals surface area (Å²) in [7, 11) is -3.75. The molecule has 0 aromatic heterocycles. The second-order valence-corrected chi connectivity index (χ2v) is 10.3. The lowest BCUT2D eigenvalue weighted by molar-refractivity contribution is -0.140. The Morgan fingerprint density at radius 2 is 1.70 bits per heavy atom. The lowest BCUT2D eigenvalue weighted by Gasteiger charge is -2.33. The van der Waals surface area contributed by atoms with Gasteiger partial charge >= 0.3 is 0 Å². The largest absolute Gasteiger partial charge is 0.354 e. The van der Waals surface area contributed by atoms with Crippen molar-refractivity contribution in [1.29, 1.82) is 0 Å². The van der Waals surface area contributed by atoms with Crippen molar-refractivity contribution in [1.82, 2.24) is 10.2 Å². The molecule has 0 spiro atoms. The summed E-state index contributed by atoms with van der Waals surface area (Å²) >= 11 is 5.99. The Hall–Kier alpha value is -2.58. The third-order valence-corrected chi connectivity index (χ3v) is 6.64. The summed E-state index contributed by atoms with van der Waals surface area (Å²) in [6, 6.07) is 13.3. The van der Waals surface area contributed by atoms with Gasteiger partial charge in [0.2, 0.25) is 21.8 Å². The number of hydrogen-bond acceptors (Lipinski definition) is 4. The second-order valence-electron chi connectivity index (χ2n) is 7.92. The first-order valence-electron chi connectivity index (χ1n) is 10.9. The SMILES string of the molecule is CCCNC(=O)[C@H](CC)N(Cc1ccc(Cl)cc1)C(=O)CN(c1ccccc1C)S(C)(=O)=O. The summed E-state index contributed by atoms with van der Waals surface area (Å²) in [6.07, 6.45) is 2.22. The number of amides is 2. The highest BCUT2D eigenvalue weighted by atomic mass is 35.5. The van der Waals surface area contributed by atoms with Gasteiger partial charge in [0.05, 0.1) is 11.9 Å². The van der Waals surface area contributed by atoms with E-state index in [1.54, 1.807) is 55.5 Å². The Bertz CT molecular complexity index is 1060. The van der Waals surface area contributed by atoms with Gasteiger partial charge in [-0.2, -0.15) is 0 Å². The van der Waals surface area contributed by atoms with E-state index in [1.165, 1.54) is 4.90 Å². The monoisotopic (exact) mass is 493 g/mol. The number of carbonyl (C=O) groups is 2. The molecule has 0 radical (unpaired) electrons. The van der Waals surface area contributed by atoms with Crippen LogP contribution in [-0.2, 0) is 26.2 Å². The first-order valence-corrected chi connectivity index (χ1v) is 13.2. The van der Waals surface area contributed by atoms with Crippen LogP contribution in [0.25, 0.3) is 0 Å². The Morgan fingerprint density at radius 3 is 2.24 bits per heavy atom. The quantitative estimate of drug-likeness (QED) is 0.516. The summed E-state index contributed by atoms with van der Waals surface area (Å²) in [5.41, 5.74) is 1.95. The molecule has 1 atom stereocenters. The van der Waals surface area contributed by atoms with Crippen LogP contribution < -0.4 is 9.62 Å². The number of nitrogens with one attached hydrogen (secondary N) is 1. The van der Waals surface area contributed by atoms with E-state index in [4.69, 9.17) is 11.6 Å².